The minimum atomic E-state index is -0.719. The van der Waals surface area contributed by atoms with Crippen LogP contribution in [0.15, 0.2) is 56.8 Å². The number of furan rings is 1. The second kappa shape index (κ2) is 6.28. The van der Waals surface area contributed by atoms with Crippen molar-refractivity contribution in [2.75, 3.05) is 12.1 Å². The second-order valence-corrected chi connectivity index (χ2v) is 5.50. The molecule has 0 saturated carbocycles. The van der Waals surface area contributed by atoms with Gasteiger partial charge in [-0.3, -0.25) is 14.2 Å². The zero-order valence-electron chi connectivity index (χ0n) is 13.4. The van der Waals surface area contributed by atoms with Gasteiger partial charge in [0.15, 0.2) is 11.5 Å². The molecule has 26 heavy (non-hydrogen) atoms. The average Bonchev–Trinajstić information content (AvgIpc) is 3.29. The summed E-state index contributed by atoms with van der Waals surface area (Å²) in [5.74, 6) is 0.844. The van der Waals surface area contributed by atoms with Gasteiger partial charge in [0, 0.05) is 18.0 Å². The Labute approximate surface area is 145 Å². The average molecular weight is 355 g/mol. The molecule has 3 aromatic rings. The Morgan fingerprint density at radius 3 is 2.85 bits per heavy atom. The zero-order valence-corrected chi connectivity index (χ0v) is 13.4. The van der Waals surface area contributed by atoms with E-state index in [-0.39, 0.29) is 18.9 Å². The number of aromatic nitrogens is 2. The summed E-state index contributed by atoms with van der Waals surface area (Å²) in [6.45, 7) is 0.0381. The van der Waals surface area contributed by atoms with E-state index in [1.54, 1.807) is 30.3 Å². The van der Waals surface area contributed by atoms with Crippen molar-refractivity contribution in [3.8, 4) is 11.5 Å². The van der Waals surface area contributed by atoms with Crippen LogP contribution < -0.4 is 26.0 Å². The van der Waals surface area contributed by atoms with Gasteiger partial charge in [-0.25, -0.2) is 4.79 Å². The van der Waals surface area contributed by atoms with Crippen LogP contribution in [0.25, 0.3) is 0 Å². The summed E-state index contributed by atoms with van der Waals surface area (Å²) >= 11 is 0. The third-order valence-electron chi connectivity index (χ3n) is 3.83. The standard InChI is InChI=1S/C17H13N3O6/c21-15(19-10-3-4-13-14(6-10)26-9-25-13)12-7-18-17(23)20(16(12)22)8-11-2-1-5-24-11/h1-7H,8-9H2,(H,18,23)(H,19,21). The van der Waals surface area contributed by atoms with Crippen molar-refractivity contribution in [3.63, 3.8) is 0 Å². The number of H-pyrrole nitrogens is 1. The molecule has 0 fully saturated rings. The normalized spacial score (nSPS) is 12.2. The van der Waals surface area contributed by atoms with Crippen LogP contribution in [0.2, 0.25) is 0 Å². The highest BCUT2D eigenvalue weighted by Crippen LogP contribution is 2.34. The van der Waals surface area contributed by atoms with E-state index in [0.29, 0.717) is 22.9 Å². The molecule has 0 bridgehead atoms. The van der Waals surface area contributed by atoms with Crippen LogP contribution >= 0.6 is 0 Å². The Morgan fingerprint density at radius 2 is 2.04 bits per heavy atom. The summed E-state index contributed by atoms with van der Waals surface area (Å²) < 4.78 is 16.5. The first kappa shape index (κ1) is 15.8. The van der Waals surface area contributed by atoms with Gasteiger partial charge in [0.25, 0.3) is 11.5 Å². The first-order chi connectivity index (χ1) is 12.6. The number of anilines is 1. The van der Waals surface area contributed by atoms with Crippen LogP contribution in [0.5, 0.6) is 11.5 Å². The number of rotatable bonds is 4. The molecule has 0 radical (unpaired) electrons. The second-order valence-electron chi connectivity index (χ2n) is 5.50. The maximum atomic E-state index is 12.5. The number of hydrogen-bond donors (Lipinski definition) is 2. The van der Waals surface area contributed by atoms with Crippen molar-refractivity contribution in [2.24, 2.45) is 0 Å². The Kier molecular flexibility index (Phi) is 3.81. The zero-order chi connectivity index (χ0) is 18.1. The fourth-order valence-corrected chi connectivity index (χ4v) is 2.55. The molecule has 0 spiro atoms. The maximum Gasteiger partial charge on any atom is 0.328 e. The van der Waals surface area contributed by atoms with Gasteiger partial charge in [0.1, 0.15) is 11.3 Å². The highest BCUT2D eigenvalue weighted by atomic mass is 16.7. The van der Waals surface area contributed by atoms with Gasteiger partial charge in [-0.15, -0.1) is 0 Å². The number of amides is 1. The molecule has 2 aromatic heterocycles. The van der Waals surface area contributed by atoms with E-state index in [4.69, 9.17) is 13.9 Å². The summed E-state index contributed by atoms with van der Waals surface area (Å²) in [5.41, 5.74) is -1.12. The molecular weight excluding hydrogens is 342 g/mol. The smallest absolute Gasteiger partial charge is 0.328 e. The molecule has 1 aliphatic heterocycles. The van der Waals surface area contributed by atoms with Gasteiger partial charge in [-0.1, -0.05) is 0 Å². The summed E-state index contributed by atoms with van der Waals surface area (Å²) in [4.78, 5) is 39.3. The Morgan fingerprint density at radius 1 is 1.19 bits per heavy atom. The minimum Gasteiger partial charge on any atom is -0.467 e. The van der Waals surface area contributed by atoms with Gasteiger partial charge in [0.2, 0.25) is 6.79 Å². The fraction of sp³-hybridized carbons (Fsp3) is 0.118. The molecule has 1 amide bonds. The van der Waals surface area contributed by atoms with Crippen LogP contribution in [-0.4, -0.2) is 22.3 Å². The Hall–Kier alpha value is -3.75. The summed E-state index contributed by atoms with van der Waals surface area (Å²) in [6, 6.07) is 8.14. The van der Waals surface area contributed by atoms with Crippen molar-refractivity contribution >= 4 is 11.6 Å². The highest BCUT2D eigenvalue weighted by Gasteiger charge is 2.18. The van der Waals surface area contributed by atoms with Crippen LogP contribution in [0.4, 0.5) is 5.69 Å². The van der Waals surface area contributed by atoms with E-state index in [1.165, 1.54) is 6.26 Å². The number of carbonyl (C=O) groups excluding carboxylic acids is 1. The van der Waals surface area contributed by atoms with Crippen LogP contribution in [0, 0.1) is 0 Å². The number of nitrogens with zero attached hydrogens (tertiary/aromatic N) is 1. The van der Waals surface area contributed by atoms with Crippen molar-refractivity contribution in [1.29, 1.82) is 0 Å². The molecule has 1 aromatic carbocycles. The van der Waals surface area contributed by atoms with E-state index in [2.05, 4.69) is 10.3 Å². The molecule has 4 rings (SSSR count). The predicted molar refractivity (Wildman–Crippen MR) is 89.7 cm³/mol. The lowest BCUT2D eigenvalue weighted by molar-refractivity contribution is 0.102. The van der Waals surface area contributed by atoms with E-state index >= 15 is 0 Å². The minimum absolute atomic E-state index is 0.0771. The van der Waals surface area contributed by atoms with Gasteiger partial charge in [-0.05, 0) is 24.3 Å². The van der Waals surface area contributed by atoms with E-state index in [0.717, 1.165) is 10.8 Å². The van der Waals surface area contributed by atoms with Crippen molar-refractivity contribution in [1.82, 2.24) is 9.55 Å². The molecular formula is C17H13N3O6. The van der Waals surface area contributed by atoms with E-state index in [1.807, 2.05) is 0 Å². The van der Waals surface area contributed by atoms with Gasteiger partial charge < -0.3 is 24.2 Å². The first-order valence-electron chi connectivity index (χ1n) is 7.68. The molecule has 9 heteroatoms. The van der Waals surface area contributed by atoms with Gasteiger partial charge >= 0.3 is 5.69 Å². The topological polar surface area (TPSA) is 116 Å². The number of benzene rings is 1. The monoisotopic (exact) mass is 355 g/mol. The largest absolute Gasteiger partial charge is 0.467 e. The lowest BCUT2D eigenvalue weighted by Gasteiger charge is -2.08. The van der Waals surface area contributed by atoms with E-state index in [9.17, 15) is 14.4 Å². The molecule has 1 aliphatic rings. The number of hydrogen-bond acceptors (Lipinski definition) is 6. The molecule has 0 saturated heterocycles. The van der Waals surface area contributed by atoms with Gasteiger partial charge in [-0.2, -0.15) is 0 Å². The van der Waals surface area contributed by atoms with Crippen LogP contribution in [-0.2, 0) is 6.54 Å². The van der Waals surface area contributed by atoms with Gasteiger partial charge in [0.05, 0.1) is 12.8 Å². The van der Waals surface area contributed by atoms with Crippen molar-refractivity contribution in [2.45, 2.75) is 6.54 Å². The Bertz CT molecular complexity index is 1080. The van der Waals surface area contributed by atoms with Crippen LogP contribution in [0.1, 0.15) is 16.1 Å². The molecule has 2 N–H and O–H groups in total. The molecule has 0 aliphatic carbocycles. The molecule has 0 atom stereocenters. The number of ether oxygens (including phenoxy) is 2. The molecule has 9 nitrogen and oxygen atoms in total. The number of fused-ring (bicyclic) bond motifs is 1. The number of aromatic amines is 1. The summed E-state index contributed by atoms with van der Waals surface area (Å²) in [5, 5.41) is 2.60. The highest BCUT2D eigenvalue weighted by molar-refractivity contribution is 6.03. The van der Waals surface area contributed by atoms with Crippen molar-refractivity contribution < 1.29 is 18.7 Å². The van der Waals surface area contributed by atoms with Crippen molar-refractivity contribution in [3.05, 3.63) is 75.0 Å². The molecule has 0 unspecified atom stereocenters. The first-order valence-corrected chi connectivity index (χ1v) is 7.68. The SMILES string of the molecule is O=C(Nc1ccc2c(c1)OCO2)c1c[nH]c(=O)n(Cc2ccco2)c1=O. The third kappa shape index (κ3) is 2.86. The fourth-order valence-electron chi connectivity index (χ4n) is 2.55. The lowest BCUT2D eigenvalue weighted by Crippen LogP contribution is -2.39. The quantitative estimate of drug-likeness (QED) is 0.726. The molecule has 3 heterocycles. The number of carbonyl (C=O) groups is 1. The Balaban J connectivity index is 1.62. The third-order valence-corrected chi connectivity index (χ3v) is 3.83. The molecule has 132 valence electrons. The van der Waals surface area contributed by atoms with Crippen LogP contribution in [0.3, 0.4) is 0 Å². The predicted octanol–water partition coefficient (Wildman–Crippen LogP) is 1.16. The number of nitrogens with one attached hydrogen (secondary N) is 2. The van der Waals surface area contributed by atoms with E-state index < -0.39 is 17.2 Å². The maximum absolute atomic E-state index is 12.5. The summed E-state index contributed by atoms with van der Waals surface area (Å²) in [7, 11) is 0. The lowest BCUT2D eigenvalue weighted by atomic mass is 10.2. The summed E-state index contributed by atoms with van der Waals surface area (Å²) in [6.07, 6.45) is 2.52.